The number of hydrogen-bond acceptors (Lipinski definition) is 4. The van der Waals surface area contributed by atoms with Gasteiger partial charge in [-0.15, -0.1) is 0 Å². The van der Waals surface area contributed by atoms with Crippen LogP contribution in [-0.2, 0) is 26.7 Å². The van der Waals surface area contributed by atoms with E-state index in [2.05, 4.69) is 0 Å². The number of aliphatic carboxylic acids is 2. The molecule has 0 rings (SSSR count). The van der Waals surface area contributed by atoms with Crippen LogP contribution in [0.1, 0.15) is 13.8 Å². The Kier molecular flexibility index (Phi) is 653. The minimum atomic E-state index is -1.08. The van der Waals surface area contributed by atoms with Crippen molar-refractivity contribution in [1.29, 1.82) is 0 Å². The van der Waals surface area contributed by atoms with Gasteiger partial charge in [0.2, 0.25) is 0 Å². The van der Waals surface area contributed by atoms with Gasteiger partial charge >= 0.3 is 17.1 Å². The minimum absolute atomic E-state index is 0. The number of rotatable bonds is 0. The van der Waals surface area contributed by atoms with Crippen LogP contribution in [0.15, 0.2) is 0 Å². The Morgan fingerprint density at radius 2 is 0.625 bits per heavy atom. The van der Waals surface area contributed by atoms with Gasteiger partial charge in [-0.25, -0.2) is 0 Å². The second-order valence-corrected chi connectivity index (χ2v) is 0.983. The van der Waals surface area contributed by atoms with Crippen LogP contribution in [0.4, 0.5) is 0 Å². The fraction of sp³-hybridized carbons (Fsp3) is 0.500. The van der Waals surface area contributed by atoms with E-state index in [0.29, 0.717) is 0 Å². The Morgan fingerprint density at radius 1 is 0.625 bits per heavy atom. The first-order chi connectivity index (χ1) is 3.46. The standard InChI is InChI=1S/2C2H4O2.Cu.7H2O/c2*1-2(3)4;;;;;;;;/h2*1H3,(H,3,4);;7*1H2/q;;+2;;;;;;;/p-2. The smallest absolute Gasteiger partial charge is 0.550 e. The van der Waals surface area contributed by atoms with Gasteiger partial charge in [-0.1, -0.05) is 0 Å². The molecule has 11 nitrogen and oxygen atoms in total. The molecule has 0 aliphatic carbocycles. The molecular formula is C4H20CuO11. The van der Waals surface area contributed by atoms with E-state index in [1.54, 1.807) is 0 Å². The fourth-order valence-corrected chi connectivity index (χ4v) is 0. The third kappa shape index (κ3) is 2900. The van der Waals surface area contributed by atoms with Crippen molar-refractivity contribution in [1.82, 2.24) is 0 Å². The molecule has 0 aromatic rings. The summed E-state index contributed by atoms with van der Waals surface area (Å²) in [6, 6.07) is 0. The van der Waals surface area contributed by atoms with Crippen molar-refractivity contribution in [2.75, 3.05) is 0 Å². The molecule has 0 fully saturated rings. The molecule has 0 unspecified atom stereocenters. The van der Waals surface area contributed by atoms with Gasteiger partial charge in [-0.2, -0.15) is 0 Å². The number of carbonyl (C=O) groups excluding carboxylic acids is 2. The van der Waals surface area contributed by atoms with Crippen molar-refractivity contribution < 1.29 is 75.2 Å². The number of carboxylic acids is 2. The van der Waals surface area contributed by atoms with Crippen molar-refractivity contribution in [3.63, 3.8) is 0 Å². The largest absolute Gasteiger partial charge is 2.00 e. The molecule has 0 heterocycles. The molecule has 0 aromatic heterocycles. The zero-order valence-corrected chi connectivity index (χ0v) is 9.38. The third-order valence-electron chi connectivity index (χ3n) is 0. The summed E-state index contributed by atoms with van der Waals surface area (Å²) < 4.78 is 0. The molecule has 0 aliphatic rings. The predicted molar refractivity (Wildman–Crippen MR) is 46.7 cm³/mol. The monoisotopic (exact) mass is 307 g/mol. The molecule has 14 N–H and O–H groups in total. The first kappa shape index (κ1) is 114. The molecule has 0 atom stereocenters. The number of carboxylic acid groups (broad SMARTS) is 2. The molecule has 113 valence electrons. The Hall–Kier alpha value is -0.821. The van der Waals surface area contributed by atoms with Gasteiger partial charge in [0, 0.05) is 11.9 Å². The van der Waals surface area contributed by atoms with Crippen LogP contribution in [0.25, 0.3) is 0 Å². The van der Waals surface area contributed by atoms with E-state index < -0.39 is 11.9 Å². The molecule has 0 aliphatic heterocycles. The van der Waals surface area contributed by atoms with Crippen LogP contribution in [0.5, 0.6) is 0 Å². The topological polar surface area (TPSA) is 301 Å². The van der Waals surface area contributed by atoms with Gasteiger partial charge in [0.1, 0.15) is 0 Å². The maximum atomic E-state index is 8.89. The molecule has 0 spiro atoms. The molecule has 0 aromatic carbocycles. The van der Waals surface area contributed by atoms with Crippen molar-refractivity contribution in [2.45, 2.75) is 13.8 Å². The van der Waals surface area contributed by atoms with Crippen LogP contribution >= 0.6 is 0 Å². The van der Waals surface area contributed by atoms with Crippen molar-refractivity contribution in [2.24, 2.45) is 0 Å². The molecule has 0 saturated carbocycles. The molecule has 0 amide bonds. The van der Waals surface area contributed by atoms with Gasteiger partial charge in [-0.05, 0) is 13.8 Å². The van der Waals surface area contributed by atoms with E-state index >= 15 is 0 Å². The second kappa shape index (κ2) is 91.8. The quantitative estimate of drug-likeness (QED) is 0.393. The van der Waals surface area contributed by atoms with E-state index in [4.69, 9.17) is 19.8 Å². The second-order valence-electron chi connectivity index (χ2n) is 0.983. The maximum Gasteiger partial charge on any atom is 2.00 e. The zero-order valence-electron chi connectivity index (χ0n) is 8.43. The molecule has 12 heteroatoms. The summed E-state index contributed by atoms with van der Waals surface area (Å²) in [6.07, 6.45) is 0. The van der Waals surface area contributed by atoms with E-state index in [0.717, 1.165) is 13.8 Å². The van der Waals surface area contributed by atoms with Gasteiger partial charge in [-0.3, -0.25) is 0 Å². The van der Waals surface area contributed by atoms with Gasteiger partial charge in [0.05, 0.1) is 0 Å². The van der Waals surface area contributed by atoms with Crippen LogP contribution in [0, 0.1) is 0 Å². The maximum absolute atomic E-state index is 8.89. The van der Waals surface area contributed by atoms with E-state index in [9.17, 15) is 0 Å². The molecular weight excluding hydrogens is 288 g/mol. The van der Waals surface area contributed by atoms with Crippen molar-refractivity contribution in [3.05, 3.63) is 0 Å². The van der Waals surface area contributed by atoms with Crippen molar-refractivity contribution in [3.8, 4) is 0 Å². The van der Waals surface area contributed by atoms with Gasteiger partial charge in [0.15, 0.2) is 0 Å². The zero-order chi connectivity index (χ0) is 7.15. The van der Waals surface area contributed by atoms with Crippen LogP contribution in [0.2, 0.25) is 0 Å². The summed E-state index contributed by atoms with van der Waals surface area (Å²) in [7, 11) is 0. The molecule has 0 saturated heterocycles. The van der Waals surface area contributed by atoms with E-state index in [1.807, 2.05) is 0 Å². The van der Waals surface area contributed by atoms with E-state index in [1.165, 1.54) is 0 Å². The number of hydrogen-bond donors (Lipinski definition) is 0. The number of carbonyl (C=O) groups is 2. The average Bonchev–Trinajstić information content (AvgIpc) is 1.25. The first-order valence-electron chi connectivity index (χ1n) is 1.82. The summed E-state index contributed by atoms with van der Waals surface area (Å²) in [5.74, 6) is -2.17. The summed E-state index contributed by atoms with van der Waals surface area (Å²) >= 11 is 0. The summed E-state index contributed by atoms with van der Waals surface area (Å²) in [4.78, 5) is 17.8. The van der Waals surface area contributed by atoms with Crippen molar-refractivity contribution >= 4 is 11.9 Å². The Labute approximate surface area is 102 Å². The van der Waals surface area contributed by atoms with Gasteiger partial charge in [0.25, 0.3) is 0 Å². The summed E-state index contributed by atoms with van der Waals surface area (Å²) in [6.45, 7) is 1.94. The predicted octanol–water partition coefficient (Wildman–Crippen LogP) is -8.26. The first-order valence-corrected chi connectivity index (χ1v) is 1.82. The normalized spacial score (nSPS) is 3.12. The van der Waals surface area contributed by atoms with Crippen LogP contribution in [-0.4, -0.2) is 50.3 Å². The Balaban J connectivity index is -0.00000000375. The minimum Gasteiger partial charge on any atom is -0.550 e. The SMILES string of the molecule is CC(=O)[O-].CC(=O)[O-].O.O.O.O.O.O.O.[Cu+2]. The molecule has 1 radical (unpaired) electrons. The third-order valence-corrected chi connectivity index (χ3v) is 0. The van der Waals surface area contributed by atoms with E-state index in [-0.39, 0.29) is 55.4 Å². The van der Waals surface area contributed by atoms with Crippen LogP contribution in [0.3, 0.4) is 0 Å². The fourth-order valence-electron chi connectivity index (χ4n) is 0. The van der Waals surface area contributed by atoms with Crippen LogP contribution < -0.4 is 10.2 Å². The molecule has 16 heavy (non-hydrogen) atoms. The summed E-state index contributed by atoms with van der Waals surface area (Å²) in [5, 5.41) is 17.8. The summed E-state index contributed by atoms with van der Waals surface area (Å²) in [5.41, 5.74) is 0. The average molecular weight is 308 g/mol. The molecule has 0 bridgehead atoms. The Bertz CT molecular complexity index is 76.0. The Morgan fingerprint density at radius 3 is 0.625 bits per heavy atom. The van der Waals surface area contributed by atoms with Gasteiger partial charge < -0.3 is 58.1 Å².